The standard InChI is InChI=1S/C18H14N2O5/c1-13(10-15-5-3-7-17(12-15)20(24)25)18(21)9-8-14-4-2-6-16(11-14)19(22)23/h2-12H,1H3/b9-8+,13-10+. The molecule has 7 heteroatoms. The number of allylic oxidation sites excluding steroid dienone is 2. The number of carbonyl (C=O) groups excluding carboxylic acids is 1. The van der Waals surface area contributed by atoms with Crippen LogP contribution in [-0.4, -0.2) is 15.6 Å². The molecule has 0 saturated heterocycles. The van der Waals surface area contributed by atoms with Gasteiger partial charge in [0.1, 0.15) is 0 Å². The van der Waals surface area contributed by atoms with Crippen LogP contribution < -0.4 is 0 Å². The fourth-order valence-electron chi connectivity index (χ4n) is 2.09. The zero-order valence-electron chi connectivity index (χ0n) is 13.3. The lowest BCUT2D eigenvalue weighted by Gasteiger charge is -1.98. The van der Waals surface area contributed by atoms with E-state index in [1.807, 2.05) is 0 Å². The summed E-state index contributed by atoms with van der Waals surface area (Å²) in [4.78, 5) is 32.6. The highest BCUT2D eigenvalue weighted by Crippen LogP contribution is 2.17. The number of nitro benzene ring substituents is 2. The Balaban J connectivity index is 2.17. The molecule has 0 amide bonds. The number of rotatable bonds is 6. The highest BCUT2D eigenvalue weighted by Gasteiger charge is 2.07. The smallest absolute Gasteiger partial charge is 0.270 e. The summed E-state index contributed by atoms with van der Waals surface area (Å²) >= 11 is 0. The highest BCUT2D eigenvalue weighted by atomic mass is 16.6. The molecule has 0 N–H and O–H groups in total. The maximum absolute atomic E-state index is 12.1. The number of hydrogen-bond donors (Lipinski definition) is 0. The lowest BCUT2D eigenvalue weighted by Crippen LogP contribution is -1.95. The van der Waals surface area contributed by atoms with E-state index >= 15 is 0 Å². The maximum Gasteiger partial charge on any atom is 0.270 e. The third kappa shape index (κ3) is 4.93. The van der Waals surface area contributed by atoms with E-state index in [1.54, 1.807) is 31.2 Å². The minimum Gasteiger partial charge on any atom is -0.290 e. The van der Waals surface area contributed by atoms with Crippen molar-refractivity contribution in [2.45, 2.75) is 6.92 Å². The van der Waals surface area contributed by atoms with Crippen LogP contribution in [0.1, 0.15) is 18.1 Å². The van der Waals surface area contributed by atoms with Crippen LogP contribution in [0.2, 0.25) is 0 Å². The molecule has 7 nitrogen and oxygen atoms in total. The fourth-order valence-corrected chi connectivity index (χ4v) is 2.09. The first kappa shape index (κ1) is 17.7. The van der Waals surface area contributed by atoms with E-state index in [1.165, 1.54) is 42.5 Å². The topological polar surface area (TPSA) is 103 Å². The van der Waals surface area contributed by atoms with Gasteiger partial charge in [0.25, 0.3) is 11.4 Å². The summed E-state index contributed by atoms with van der Waals surface area (Å²) in [7, 11) is 0. The molecular formula is C18H14N2O5. The van der Waals surface area contributed by atoms with Gasteiger partial charge in [-0.3, -0.25) is 25.0 Å². The minimum absolute atomic E-state index is 0.0545. The molecule has 0 radical (unpaired) electrons. The van der Waals surface area contributed by atoms with Gasteiger partial charge < -0.3 is 0 Å². The first-order chi connectivity index (χ1) is 11.9. The number of hydrogen-bond acceptors (Lipinski definition) is 5. The van der Waals surface area contributed by atoms with Gasteiger partial charge in [-0.05, 0) is 35.8 Å². The number of benzene rings is 2. The van der Waals surface area contributed by atoms with Gasteiger partial charge in [-0.25, -0.2) is 0 Å². The molecule has 0 aromatic heterocycles. The summed E-state index contributed by atoms with van der Waals surface area (Å²) < 4.78 is 0. The average molecular weight is 338 g/mol. The zero-order chi connectivity index (χ0) is 18.4. The predicted octanol–water partition coefficient (Wildman–Crippen LogP) is 4.19. The number of non-ortho nitro benzene ring substituents is 2. The molecule has 0 fully saturated rings. The van der Waals surface area contributed by atoms with Crippen LogP contribution in [0.3, 0.4) is 0 Å². The Bertz CT molecular complexity index is 900. The van der Waals surface area contributed by atoms with Crippen molar-refractivity contribution in [1.82, 2.24) is 0 Å². The van der Waals surface area contributed by atoms with E-state index in [2.05, 4.69) is 0 Å². The molecule has 0 aliphatic heterocycles. The summed E-state index contributed by atoms with van der Waals surface area (Å²) in [6.45, 7) is 1.60. The Morgan fingerprint density at radius 2 is 1.44 bits per heavy atom. The van der Waals surface area contributed by atoms with E-state index < -0.39 is 9.85 Å². The van der Waals surface area contributed by atoms with Crippen LogP contribution in [0.25, 0.3) is 12.2 Å². The van der Waals surface area contributed by atoms with Gasteiger partial charge in [-0.1, -0.05) is 30.3 Å². The molecule has 0 atom stereocenters. The highest BCUT2D eigenvalue weighted by molar-refractivity contribution is 6.08. The molecule has 0 saturated carbocycles. The summed E-state index contributed by atoms with van der Waals surface area (Å²) in [5.41, 5.74) is 1.36. The van der Waals surface area contributed by atoms with E-state index in [4.69, 9.17) is 0 Å². The molecule has 0 unspecified atom stereocenters. The van der Waals surface area contributed by atoms with Crippen LogP contribution in [-0.2, 0) is 4.79 Å². The lowest BCUT2D eigenvalue weighted by molar-refractivity contribution is -0.385. The van der Waals surface area contributed by atoms with Gasteiger partial charge in [0, 0.05) is 24.3 Å². The fraction of sp³-hybridized carbons (Fsp3) is 0.0556. The summed E-state index contributed by atoms with van der Waals surface area (Å²) in [5.74, 6) is -0.294. The Labute approximate surface area is 143 Å². The number of carbonyl (C=O) groups is 1. The van der Waals surface area contributed by atoms with Crippen molar-refractivity contribution >= 4 is 29.3 Å². The Morgan fingerprint density at radius 1 is 0.920 bits per heavy atom. The van der Waals surface area contributed by atoms with Crippen LogP contribution in [0.4, 0.5) is 11.4 Å². The van der Waals surface area contributed by atoms with Gasteiger partial charge in [-0.2, -0.15) is 0 Å². The van der Waals surface area contributed by atoms with Crippen LogP contribution in [0.15, 0.2) is 60.2 Å². The van der Waals surface area contributed by atoms with Crippen molar-refractivity contribution in [3.63, 3.8) is 0 Å². The van der Waals surface area contributed by atoms with Crippen molar-refractivity contribution in [1.29, 1.82) is 0 Å². The number of nitro groups is 2. The van der Waals surface area contributed by atoms with E-state index in [0.717, 1.165) is 0 Å². The Morgan fingerprint density at radius 3 is 2.00 bits per heavy atom. The molecule has 0 heterocycles. The van der Waals surface area contributed by atoms with Gasteiger partial charge in [0.2, 0.25) is 0 Å². The monoisotopic (exact) mass is 338 g/mol. The van der Waals surface area contributed by atoms with Gasteiger partial charge in [0.05, 0.1) is 9.85 Å². The van der Waals surface area contributed by atoms with Crippen LogP contribution >= 0.6 is 0 Å². The quantitative estimate of drug-likeness (QED) is 0.446. The predicted molar refractivity (Wildman–Crippen MR) is 93.9 cm³/mol. The normalized spacial score (nSPS) is 11.5. The molecule has 2 aromatic rings. The second kappa shape index (κ2) is 7.78. The summed E-state index contributed by atoms with van der Waals surface area (Å²) in [5, 5.41) is 21.5. The molecule has 126 valence electrons. The SMILES string of the molecule is C/C(=C\c1cccc([N+](=O)[O-])c1)C(=O)/C=C/c1cccc([N+](=O)[O-])c1. The summed E-state index contributed by atoms with van der Waals surface area (Å²) in [6, 6.07) is 11.9. The van der Waals surface area contributed by atoms with E-state index in [-0.39, 0.29) is 17.2 Å². The van der Waals surface area contributed by atoms with Crippen LogP contribution in [0.5, 0.6) is 0 Å². The molecular weight excluding hydrogens is 324 g/mol. The Kier molecular flexibility index (Phi) is 5.52. The van der Waals surface area contributed by atoms with E-state index in [0.29, 0.717) is 16.7 Å². The van der Waals surface area contributed by atoms with Crippen molar-refractivity contribution in [3.05, 3.63) is 91.5 Å². The van der Waals surface area contributed by atoms with E-state index in [9.17, 15) is 25.0 Å². The van der Waals surface area contributed by atoms with Gasteiger partial charge in [0.15, 0.2) is 5.78 Å². The third-order valence-corrected chi connectivity index (χ3v) is 3.36. The van der Waals surface area contributed by atoms with Crippen molar-refractivity contribution < 1.29 is 14.6 Å². The van der Waals surface area contributed by atoms with Crippen molar-refractivity contribution in [3.8, 4) is 0 Å². The largest absolute Gasteiger partial charge is 0.290 e. The number of nitrogens with zero attached hydrogens (tertiary/aromatic N) is 2. The minimum atomic E-state index is -0.507. The second-order valence-electron chi connectivity index (χ2n) is 5.23. The molecule has 0 aliphatic carbocycles. The van der Waals surface area contributed by atoms with Gasteiger partial charge >= 0.3 is 0 Å². The first-order valence-corrected chi connectivity index (χ1v) is 7.26. The number of ketones is 1. The third-order valence-electron chi connectivity index (χ3n) is 3.36. The van der Waals surface area contributed by atoms with Crippen molar-refractivity contribution in [2.24, 2.45) is 0 Å². The van der Waals surface area contributed by atoms with Gasteiger partial charge in [-0.15, -0.1) is 0 Å². The summed E-state index contributed by atoms with van der Waals surface area (Å²) in [6.07, 6.45) is 4.34. The maximum atomic E-state index is 12.1. The van der Waals surface area contributed by atoms with Crippen molar-refractivity contribution in [2.75, 3.05) is 0 Å². The lowest BCUT2D eigenvalue weighted by atomic mass is 10.1. The zero-order valence-corrected chi connectivity index (χ0v) is 13.3. The molecule has 2 aromatic carbocycles. The first-order valence-electron chi connectivity index (χ1n) is 7.26. The molecule has 2 rings (SSSR count). The molecule has 0 aliphatic rings. The molecule has 0 spiro atoms. The Hall–Kier alpha value is -3.61. The molecule has 25 heavy (non-hydrogen) atoms. The van der Waals surface area contributed by atoms with Crippen LogP contribution in [0, 0.1) is 20.2 Å². The second-order valence-corrected chi connectivity index (χ2v) is 5.23. The average Bonchev–Trinajstić information content (AvgIpc) is 2.60. The molecule has 0 bridgehead atoms.